The summed E-state index contributed by atoms with van der Waals surface area (Å²) in [4.78, 5) is 14.5. The zero-order valence-electron chi connectivity index (χ0n) is 14.2. The average Bonchev–Trinajstić information content (AvgIpc) is 3.09. The molecule has 126 valence electrons. The Morgan fingerprint density at radius 2 is 1.88 bits per heavy atom. The molecule has 0 fully saturated rings. The molecule has 1 atom stereocenters. The monoisotopic (exact) mass is 326 g/mol. The van der Waals surface area contributed by atoms with E-state index in [9.17, 15) is 4.79 Å². The van der Waals surface area contributed by atoms with Crippen LogP contribution < -0.4 is 9.47 Å². The summed E-state index contributed by atoms with van der Waals surface area (Å²) in [5.41, 5.74) is 2.04. The molecule has 1 aromatic carbocycles. The first-order chi connectivity index (χ1) is 11.6. The fourth-order valence-electron chi connectivity index (χ4n) is 3.07. The number of methoxy groups -OCH3 is 2. The lowest BCUT2D eigenvalue weighted by atomic mass is 10.1. The van der Waals surface area contributed by atoms with Gasteiger partial charge in [-0.05, 0) is 42.8 Å². The van der Waals surface area contributed by atoms with Crippen LogP contribution in [-0.2, 0) is 11.3 Å². The van der Waals surface area contributed by atoms with Gasteiger partial charge in [-0.15, -0.1) is 0 Å². The summed E-state index contributed by atoms with van der Waals surface area (Å²) in [6.45, 7) is 3.61. The van der Waals surface area contributed by atoms with Crippen LogP contribution in [0.5, 0.6) is 11.5 Å². The van der Waals surface area contributed by atoms with Crippen molar-refractivity contribution in [2.45, 2.75) is 19.5 Å². The predicted molar refractivity (Wildman–Crippen MR) is 93.1 cm³/mol. The van der Waals surface area contributed by atoms with Crippen LogP contribution >= 0.6 is 0 Å². The molecule has 24 heavy (non-hydrogen) atoms. The average molecular weight is 326 g/mol. The first-order valence-corrected chi connectivity index (χ1v) is 7.99. The number of fused-ring (bicyclic) bond motifs is 1. The van der Waals surface area contributed by atoms with Crippen molar-refractivity contribution in [2.24, 2.45) is 0 Å². The lowest BCUT2D eigenvalue weighted by Gasteiger charge is -2.34. The van der Waals surface area contributed by atoms with E-state index in [1.807, 2.05) is 23.1 Å². The lowest BCUT2D eigenvalue weighted by molar-refractivity contribution is -0.129. The minimum atomic E-state index is 0.0109. The second-order valence-electron chi connectivity index (χ2n) is 5.81. The van der Waals surface area contributed by atoms with E-state index in [2.05, 4.69) is 23.8 Å². The second kappa shape index (κ2) is 6.83. The Kier molecular flexibility index (Phi) is 4.60. The Morgan fingerprint density at radius 3 is 2.54 bits per heavy atom. The van der Waals surface area contributed by atoms with E-state index in [-0.39, 0.29) is 11.9 Å². The third-order valence-electron chi connectivity index (χ3n) is 4.42. The van der Waals surface area contributed by atoms with Gasteiger partial charge in [-0.1, -0.05) is 0 Å². The zero-order chi connectivity index (χ0) is 17.1. The number of hydrogen-bond donors (Lipinski definition) is 0. The maximum Gasteiger partial charge on any atom is 0.247 e. The topological polar surface area (TPSA) is 43.7 Å². The van der Waals surface area contributed by atoms with Crippen molar-refractivity contribution < 1.29 is 14.3 Å². The van der Waals surface area contributed by atoms with Crippen LogP contribution in [0.1, 0.15) is 24.2 Å². The van der Waals surface area contributed by atoms with Crippen LogP contribution in [0, 0.1) is 0 Å². The molecule has 0 saturated heterocycles. The molecule has 1 amide bonds. The van der Waals surface area contributed by atoms with Gasteiger partial charge >= 0.3 is 0 Å². The molecule has 5 nitrogen and oxygen atoms in total. The Labute approximate surface area is 142 Å². The summed E-state index contributed by atoms with van der Waals surface area (Å²) >= 11 is 0. The molecule has 0 bridgehead atoms. The predicted octanol–water partition coefficient (Wildman–Crippen LogP) is 3.12. The van der Waals surface area contributed by atoms with Gasteiger partial charge in [0.15, 0.2) is 0 Å². The van der Waals surface area contributed by atoms with Crippen molar-refractivity contribution in [3.05, 3.63) is 53.9 Å². The highest BCUT2D eigenvalue weighted by Gasteiger charge is 2.25. The van der Waals surface area contributed by atoms with E-state index in [4.69, 9.17) is 9.47 Å². The summed E-state index contributed by atoms with van der Waals surface area (Å²) in [5, 5.41) is 0. The highest BCUT2D eigenvalue weighted by molar-refractivity contribution is 5.92. The number of aromatic nitrogens is 1. The highest BCUT2D eigenvalue weighted by atomic mass is 16.5. The van der Waals surface area contributed by atoms with Gasteiger partial charge in [0, 0.05) is 37.1 Å². The Morgan fingerprint density at radius 1 is 1.17 bits per heavy atom. The van der Waals surface area contributed by atoms with Crippen LogP contribution in [0.4, 0.5) is 0 Å². The van der Waals surface area contributed by atoms with Gasteiger partial charge in [-0.2, -0.15) is 0 Å². The van der Waals surface area contributed by atoms with Crippen molar-refractivity contribution >= 4 is 12.0 Å². The summed E-state index contributed by atoms with van der Waals surface area (Å²) in [6.07, 6.45) is 5.48. The summed E-state index contributed by atoms with van der Waals surface area (Å²) in [6, 6.07) is 9.72. The highest BCUT2D eigenvalue weighted by Crippen LogP contribution is 2.26. The van der Waals surface area contributed by atoms with E-state index in [1.54, 1.807) is 32.4 Å². The van der Waals surface area contributed by atoms with Crippen LogP contribution in [-0.4, -0.2) is 36.1 Å². The number of nitrogens with zero attached hydrogens (tertiary/aromatic N) is 2. The first-order valence-electron chi connectivity index (χ1n) is 7.99. The summed E-state index contributed by atoms with van der Waals surface area (Å²) < 4.78 is 12.7. The van der Waals surface area contributed by atoms with Crippen molar-refractivity contribution in [1.82, 2.24) is 9.47 Å². The maximum absolute atomic E-state index is 12.6. The van der Waals surface area contributed by atoms with Crippen LogP contribution in [0.3, 0.4) is 0 Å². The minimum absolute atomic E-state index is 0.0109. The fourth-order valence-corrected chi connectivity index (χ4v) is 3.07. The molecule has 0 aliphatic carbocycles. The molecule has 0 spiro atoms. The van der Waals surface area contributed by atoms with Crippen molar-refractivity contribution in [1.29, 1.82) is 0 Å². The lowest BCUT2D eigenvalue weighted by Crippen LogP contribution is -2.39. The van der Waals surface area contributed by atoms with Crippen LogP contribution in [0.25, 0.3) is 6.08 Å². The van der Waals surface area contributed by atoms with E-state index >= 15 is 0 Å². The molecule has 1 aliphatic heterocycles. The molecule has 1 aromatic heterocycles. The van der Waals surface area contributed by atoms with Gasteiger partial charge in [0.25, 0.3) is 0 Å². The standard InChI is InChI=1S/C19H22N2O3/c1-14-18-5-4-8-20(18)9-10-21(14)19(22)7-6-15-11-16(23-2)13-17(12-15)24-3/h4-8,11-14H,9-10H2,1-3H3/b7-6-/t14-/m1/s1. The molecule has 2 heterocycles. The number of benzene rings is 1. The molecule has 0 N–H and O–H groups in total. The Balaban J connectivity index is 1.76. The quantitative estimate of drug-likeness (QED) is 0.811. The summed E-state index contributed by atoms with van der Waals surface area (Å²) in [7, 11) is 3.22. The van der Waals surface area contributed by atoms with Crippen LogP contribution in [0.15, 0.2) is 42.6 Å². The number of carbonyl (C=O) groups excluding carboxylic acids is 1. The third-order valence-corrected chi connectivity index (χ3v) is 4.42. The van der Waals surface area contributed by atoms with Crippen molar-refractivity contribution in [3.8, 4) is 11.5 Å². The number of ether oxygens (including phenoxy) is 2. The van der Waals surface area contributed by atoms with Gasteiger partial charge in [-0.3, -0.25) is 4.79 Å². The van der Waals surface area contributed by atoms with Crippen molar-refractivity contribution in [3.63, 3.8) is 0 Å². The number of carbonyl (C=O) groups is 1. The molecular weight excluding hydrogens is 304 g/mol. The van der Waals surface area contributed by atoms with E-state index in [1.165, 1.54) is 5.69 Å². The maximum atomic E-state index is 12.6. The molecule has 0 saturated carbocycles. The van der Waals surface area contributed by atoms with E-state index in [0.717, 1.165) is 12.1 Å². The molecule has 3 rings (SSSR count). The Hall–Kier alpha value is -2.69. The largest absolute Gasteiger partial charge is 0.497 e. The number of rotatable bonds is 4. The third kappa shape index (κ3) is 3.15. The van der Waals surface area contributed by atoms with Gasteiger partial charge in [0.05, 0.1) is 20.3 Å². The second-order valence-corrected chi connectivity index (χ2v) is 5.81. The molecule has 0 radical (unpaired) electrons. The molecular formula is C19H22N2O3. The zero-order valence-corrected chi connectivity index (χ0v) is 14.2. The van der Waals surface area contributed by atoms with Crippen LogP contribution in [0.2, 0.25) is 0 Å². The molecule has 1 aliphatic rings. The van der Waals surface area contributed by atoms with Crippen molar-refractivity contribution in [2.75, 3.05) is 20.8 Å². The summed E-state index contributed by atoms with van der Waals surface area (Å²) in [5.74, 6) is 1.41. The molecule has 5 heteroatoms. The number of amides is 1. The SMILES string of the molecule is COc1cc(/C=C\C(=O)N2CCn3cccc3[C@H]2C)cc(OC)c1. The van der Waals surface area contributed by atoms with Gasteiger partial charge < -0.3 is 18.9 Å². The molecule has 2 aromatic rings. The normalized spacial score (nSPS) is 17.0. The van der Waals surface area contributed by atoms with Gasteiger partial charge in [0.2, 0.25) is 5.91 Å². The smallest absolute Gasteiger partial charge is 0.247 e. The Bertz CT molecular complexity index is 741. The fraction of sp³-hybridized carbons (Fsp3) is 0.316. The molecule has 0 unspecified atom stereocenters. The van der Waals surface area contributed by atoms with E-state index < -0.39 is 0 Å². The number of hydrogen-bond acceptors (Lipinski definition) is 3. The van der Waals surface area contributed by atoms with Gasteiger partial charge in [0.1, 0.15) is 11.5 Å². The first kappa shape index (κ1) is 16.2. The van der Waals surface area contributed by atoms with E-state index in [0.29, 0.717) is 18.0 Å². The van der Waals surface area contributed by atoms with Gasteiger partial charge in [-0.25, -0.2) is 0 Å². The minimum Gasteiger partial charge on any atom is -0.497 e.